The SMILES string of the molecule is COc1cc(C(C)(C)C)c(OC(=O)C(CCNC(CC(C)C)C(=O)OC(C)(C)C)[N+](=O)[O-])c(C(C)(C)C)c1. The molecule has 1 aromatic carbocycles. The van der Waals surface area contributed by atoms with Crippen LogP contribution in [0.2, 0.25) is 0 Å². The fraction of sp³-hybridized carbons (Fsp3) is 0.724. The van der Waals surface area contributed by atoms with Crippen LogP contribution >= 0.6 is 0 Å². The Balaban J connectivity index is 3.23. The van der Waals surface area contributed by atoms with E-state index in [1.807, 2.05) is 55.4 Å². The van der Waals surface area contributed by atoms with Crippen LogP contribution in [0.5, 0.6) is 11.5 Å². The number of esters is 2. The van der Waals surface area contributed by atoms with Gasteiger partial charge in [0.25, 0.3) is 0 Å². The first kappa shape index (κ1) is 33.3. The summed E-state index contributed by atoms with van der Waals surface area (Å²) in [5.41, 5.74) is -0.0649. The normalized spacial score (nSPS) is 14.1. The molecule has 38 heavy (non-hydrogen) atoms. The standard InChI is InChI=1S/C29H48N2O7/c1-18(2)15-22(25(32)38-29(9,10)11)30-14-13-23(31(34)35)26(33)37-24-20(27(3,4)5)16-19(36-12)17-21(24)28(6,7)8/h16-18,22-23,30H,13-15H2,1-12H3. The Morgan fingerprint density at radius 3 is 1.82 bits per heavy atom. The first-order valence-corrected chi connectivity index (χ1v) is 13.2. The maximum Gasteiger partial charge on any atom is 0.387 e. The summed E-state index contributed by atoms with van der Waals surface area (Å²) in [5, 5.41) is 15.0. The predicted molar refractivity (Wildman–Crippen MR) is 149 cm³/mol. The topological polar surface area (TPSA) is 117 Å². The highest BCUT2D eigenvalue weighted by molar-refractivity contribution is 5.78. The molecule has 0 aromatic heterocycles. The number of hydrogen-bond donors (Lipinski definition) is 1. The second-order valence-electron chi connectivity index (χ2n) is 13.2. The zero-order chi connectivity index (χ0) is 29.6. The van der Waals surface area contributed by atoms with E-state index < -0.39 is 45.4 Å². The highest BCUT2D eigenvalue weighted by Gasteiger charge is 2.36. The Kier molecular flexibility index (Phi) is 11.3. The van der Waals surface area contributed by atoms with Crippen LogP contribution in [-0.2, 0) is 25.2 Å². The van der Waals surface area contributed by atoms with Crippen LogP contribution in [0.1, 0.15) is 100 Å². The number of nitro groups is 1. The van der Waals surface area contributed by atoms with Crippen molar-refractivity contribution in [2.75, 3.05) is 13.7 Å². The van der Waals surface area contributed by atoms with Gasteiger partial charge in [0.1, 0.15) is 23.1 Å². The van der Waals surface area contributed by atoms with E-state index in [0.717, 1.165) is 11.1 Å². The lowest BCUT2D eigenvalue weighted by molar-refractivity contribution is -0.510. The third kappa shape index (κ3) is 10.2. The van der Waals surface area contributed by atoms with Crippen LogP contribution in [0.4, 0.5) is 0 Å². The summed E-state index contributed by atoms with van der Waals surface area (Å²) >= 11 is 0. The number of nitrogens with zero attached hydrogens (tertiary/aromatic N) is 1. The van der Waals surface area contributed by atoms with Crippen molar-refractivity contribution in [3.05, 3.63) is 33.4 Å². The van der Waals surface area contributed by atoms with Gasteiger partial charge < -0.3 is 19.5 Å². The minimum atomic E-state index is -1.61. The third-order valence-corrected chi connectivity index (χ3v) is 5.85. The van der Waals surface area contributed by atoms with Crippen molar-refractivity contribution >= 4 is 11.9 Å². The monoisotopic (exact) mass is 536 g/mol. The van der Waals surface area contributed by atoms with Crippen molar-refractivity contribution in [3.8, 4) is 11.5 Å². The van der Waals surface area contributed by atoms with E-state index in [2.05, 4.69) is 5.32 Å². The zero-order valence-electron chi connectivity index (χ0n) is 25.3. The first-order valence-electron chi connectivity index (χ1n) is 13.2. The number of nitrogens with one attached hydrogen (secondary N) is 1. The Labute approximate surface area is 228 Å². The van der Waals surface area contributed by atoms with Gasteiger partial charge in [0, 0.05) is 29.0 Å². The molecule has 2 atom stereocenters. The molecule has 0 saturated heterocycles. The van der Waals surface area contributed by atoms with Gasteiger partial charge in [-0.1, -0.05) is 55.4 Å². The van der Waals surface area contributed by atoms with Crippen molar-refractivity contribution < 1.29 is 28.7 Å². The largest absolute Gasteiger partial charge is 0.497 e. The van der Waals surface area contributed by atoms with Crippen LogP contribution in [0, 0.1) is 16.0 Å². The van der Waals surface area contributed by atoms with Gasteiger partial charge in [0.2, 0.25) is 0 Å². The molecule has 0 aliphatic rings. The molecule has 0 saturated carbocycles. The number of hydrogen-bond acceptors (Lipinski definition) is 8. The number of carbonyl (C=O) groups excluding carboxylic acids is 2. The molecule has 1 N–H and O–H groups in total. The average Bonchev–Trinajstić information content (AvgIpc) is 2.72. The molecule has 216 valence electrons. The molecular weight excluding hydrogens is 488 g/mol. The van der Waals surface area contributed by atoms with Crippen molar-refractivity contribution in [3.63, 3.8) is 0 Å². The van der Waals surface area contributed by atoms with Crippen LogP contribution < -0.4 is 14.8 Å². The summed E-state index contributed by atoms with van der Waals surface area (Å²) in [4.78, 5) is 37.2. The number of benzene rings is 1. The van der Waals surface area contributed by atoms with E-state index in [4.69, 9.17) is 14.2 Å². The average molecular weight is 537 g/mol. The molecule has 2 unspecified atom stereocenters. The molecule has 1 aromatic rings. The number of ether oxygens (including phenoxy) is 3. The number of rotatable bonds is 11. The van der Waals surface area contributed by atoms with E-state index in [1.54, 1.807) is 40.0 Å². The molecule has 0 amide bonds. The molecule has 0 bridgehead atoms. The van der Waals surface area contributed by atoms with Gasteiger partial charge >= 0.3 is 18.0 Å². The fourth-order valence-electron chi connectivity index (χ4n) is 3.92. The summed E-state index contributed by atoms with van der Waals surface area (Å²) < 4.78 is 16.8. The zero-order valence-corrected chi connectivity index (χ0v) is 25.3. The van der Waals surface area contributed by atoms with Gasteiger partial charge in [0.15, 0.2) is 0 Å². The van der Waals surface area contributed by atoms with E-state index in [9.17, 15) is 19.7 Å². The molecule has 9 nitrogen and oxygen atoms in total. The lowest BCUT2D eigenvalue weighted by Crippen LogP contribution is -2.44. The molecule has 1 rings (SSSR count). The minimum absolute atomic E-state index is 0.0677. The van der Waals surface area contributed by atoms with Gasteiger partial charge in [-0.05, 0) is 56.1 Å². The summed E-state index contributed by atoms with van der Waals surface area (Å²) in [5.74, 6) is -0.238. The van der Waals surface area contributed by atoms with Crippen molar-refractivity contribution in [2.45, 2.75) is 118 Å². The van der Waals surface area contributed by atoms with Crippen LogP contribution in [0.25, 0.3) is 0 Å². The lowest BCUT2D eigenvalue weighted by Gasteiger charge is -2.30. The van der Waals surface area contributed by atoms with Gasteiger partial charge in [-0.2, -0.15) is 0 Å². The molecule has 0 heterocycles. The summed E-state index contributed by atoms with van der Waals surface area (Å²) in [6, 6.07) is 1.36. The highest BCUT2D eigenvalue weighted by atomic mass is 16.6. The van der Waals surface area contributed by atoms with E-state index >= 15 is 0 Å². The molecule has 0 fully saturated rings. The second-order valence-corrected chi connectivity index (χ2v) is 13.2. The van der Waals surface area contributed by atoms with E-state index in [-0.39, 0.29) is 18.9 Å². The smallest absolute Gasteiger partial charge is 0.387 e. The summed E-state index contributed by atoms with van der Waals surface area (Å²) in [6.07, 6.45) is 0.354. The third-order valence-electron chi connectivity index (χ3n) is 5.85. The van der Waals surface area contributed by atoms with E-state index in [0.29, 0.717) is 17.9 Å². The Morgan fingerprint density at radius 2 is 1.45 bits per heavy atom. The van der Waals surface area contributed by atoms with Gasteiger partial charge in [0.05, 0.1) is 7.11 Å². The minimum Gasteiger partial charge on any atom is -0.497 e. The van der Waals surface area contributed by atoms with Gasteiger partial charge in [-0.15, -0.1) is 0 Å². The van der Waals surface area contributed by atoms with Crippen molar-refractivity contribution in [1.82, 2.24) is 5.32 Å². The second kappa shape index (κ2) is 12.9. The van der Waals surface area contributed by atoms with Crippen molar-refractivity contribution in [2.24, 2.45) is 5.92 Å². The highest BCUT2D eigenvalue weighted by Crippen LogP contribution is 2.42. The van der Waals surface area contributed by atoms with Gasteiger partial charge in [-0.25, -0.2) is 4.79 Å². The summed E-state index contributed by atoms with van der Waals surface area (Å²) in [7, 11) is 1.57. The fourth-order valence-corrected chi connectivity index (χ4v) is 3.92. The molecule has 0 aliphatic heterocycles. The van der Waals surface area contributed by atoms with Crippen LogP contribution in [-0.4, -0.2) is 48.2 Å². The molecule has 0 aliphatic carbocycles. The molecule has 0 radical (unpaired) electrons. The molecular formula is C29H48N2O7. The predicted octanol–water partition coefficient (Wildman–Crippen LogP) is 5.58. The van der Waals surface area contributed by atoms with Crippen LogP contribution in [0.3, 0.4) is 0 Å². The molecule has 0 spiro atoms. The maximum atomic E-state index is 13.2. The first-order chi connectivity index (χ1) is 17.2. The number of carbonyl (C=O) groups is 2. The maximum absolute atomic E-state index is 13.2. The Bertz CT molecular complexity index is 947. The Hall–Kier alpha value is -2.68. The Morgan fingerprint density at radius 1 is 0.947 bits per heavy atom. The lowest BCUT2D eigenvalue weighted by atomic mass is 9.79. The quantitative estimate of drug-likeness (QED) is 0.169. The summed E-state index contributed by atoms with van der Waals surface area (Å²) in [6.45, 7) is 21.2. The number of methoxy groups -OCH3 is 1. The van der Waals surface area contributed by atoms with Gasteiger partial charge in [-0.3, -0.25) is 14.9 Å². The van der Waals surface area contributed by atoms with E-state index in [1.165, 1.54) is 0 Å². The molecule has 9 heteroatoms. The van der Waals surface area contributed by atoms with Crippen LogP contribution in [0.15, 0.2) is 12.1 Å². The van der Waals surface area contributed by atoms with Crippen molar-refractivity contribution in [1.29, 1.82) is 0 Å².